The number of carbonyl (C=O) groups excluding carboxylic acids is 2. The highest BCUT2D eigenvalue weighted by Gasteiger charge is 2.31. The van der Waals surface area contributed by atoms with Crippen molar-refractivity contribution in [1.82, 2.24) is 21.1 Å². The van der Waals surface area contributed by atoms with Crippen molar-refractivity contribution in [3.63, 3.8) is 0 Å². The Bertz CT molecular complexity index is 712. The summed E-state index contributed by atoms with van der Waals surface area (Å²) in [4.78, 5) is 26.5. The van der Waals surface area contributed by atoms with Crippen molar-refractivity contribution in [2.24, 2.45) is 5.92 Å². The van der Waals surface area contributed by atoms with Crippen LogP contribution >= 0.6 is 0 Å². The molecule has 2 aliphatic heterocycles. The average molecular weight is 354 g/mol. The van der Waals surface area contributed by atoms with Crippen molar-refractivity contribution >= 4 is 17.9 Å². The van der Waals surface area contributed by atoms with Crippen LogP contribution in [0.4, 0.5) is 0 Å². The van der Waals surface area contributed by atoms with Crippen LogP contribution in [0.2, 0.25) is 0 Å². The summed E-state index contributed by atoms with van der Waals surface area (Å²) in [5.74, 6) is 0.264. The Balaban J connectivity index is 1.49. The van der Waals surface area contributed by atoms with Gasteiger partial charge < -0.3 is 15.6 Å². The molecule has 6 heteroatoms. The van der Waals surface area contributed by atoms with Crippen LogP contribution < -0.4 is 16.2 Å². The van der Waals surface area contributed by atoms with Crippen LogP contribution in [0.5, 0.6) is 0 Å². The molecular weight excluding hydrogens is 328 g/mol. The molecule has 1 saturated heterocycles. The maximum atomic E-state index is 12.6. The zero-order valence-electron chi connectivity index (χ0n) is 15.2. The Morgan fingerprint density at radius 3 is 2.73 bits per heavy atom. The zero-order valence-corrected chi connectivity index (χ0v) is 15.2. The first-order valence-electron chi connectivity index (χ1n) is 9.09. The van der Waals surface area contributed by atoms with Crippen LogP contribution in [0, 0.1) is 5.92 Å². The number of benzene rings is 1. The fourth-order valence-corrected chi connectivity index (χ4v) is 3.13. The SMILES string of the molecule is CC(C)C1C=C(C(=O)N2CCC(NC(=O)/C=C/c3ccccc3)C2)NN1. The quantitative estimate of drug-likeness (QED) is 0.700. The number of hydrazine groups is 1. The third kappa shape index (κ3) is 4.52. The fraction of sp³-hybridized carbons (Fsp3) is 0.400. The van der Waals surface area contributed by atoms with Crippen molar-refractivity contribution in [3.05, 3.63) is 53.7 Å². The molecule has 2 aliphatic rings. The molecule has 26 heavy (non-hydrogen) atoms. The van der Waals surface area contributed by atoms with E-state index in [2.05, 4.69) is 30.0 Å². The number of hydrogen-bond acceptors (Lipinski definition) is 4. The van der Waals surface area contributed by atoms with E-state index in [9.17, 15) is 9.59 Å². The Hall–Kier alpha value is -2.60. The van der Waals surface area contributed by atoms with E-state index < -0.39 is 0 Å². The Kier molecular flexibility index (Phi) is 5.73. The van der Waals surface area contributed by atoms with Gasteiger partial charge in [-0.05, 0) is 30.1 Å². The summed E-state index contributed by atoms with van der Waals surface area (Å²) in [6.07, 6.45) is 6.04. The van der Waals surface area contributed by atoms with E-state index in [0.717, 1.165) is 12.0 Å². The van der Waals surface area contributed by atoms with Crippen molar-refractivity contribution in [2.75, 3.05) is 13.1 Å². The van der Waals surface area contributed by atoms with Crippen molar-refractivity contribution in [2.45, 2.75) is 32.4 Å². The molecule has 6 nitrogen and oxygen atoms in total. The Morgan fingerprint density at radius 2 is 2.04 bits per heavy atom. The minimum Gasteiger partial charge on any atom is -0.348 e. The van der Waals surface area contributed by atoms with Gasteiger partial charge in [0.05, 0.1) is 0 Å². The Labute approximate surface area is 154 Å². The van der Waals surface area contributed by atoms with Crippen LogP contribution in [0.25, 0.3) is 6.08 Å². The van der Waals surface area contributed by atoms with Crippen molar-refractivity contribution in [3.8, 4) is 0 Å². The van der Waals surface area contributed by atoms with Gasteiger partial charge in [-0.1, -0.05) is 44.2 Å². The first kappa shape index (κ1) is 18.2. The summed E-state index contributed by atoms with van der Waals surface area (Å²) in [6.45, 7) is 5.40. The molecule has 3 rings (SSSR count). The topological polar surface area (TPSA) is 73.5 Å². The van der Waals surface area contributed by atoms with Crippen LogP contribution in [-0.4, -0.2) is 41.9 Å². The molecule has 0 aromatic heterocycles. The van der Waals surface area contributed by atoms with E-state index in [-0.39, 0.29) is 23.9 Å². The number of amides is 2. The number of likely N-dealkylation sites (tertiary alicyclic amines) is 1. The maximum Gasteiger partial charge on any atom is 0.271 e. The molecule has 0 saturated carbocycles. The highest BCUT2D eigenvalue weighted by atomic mass is 16.2. The summed E-state index contributed by atoms with van der Waals surface area (Å²) in [5.41, 5.74) is 7.68. The van der Waals surface area contributed by atoms with E-state index in [1.54, 1.807) is 11.0 Å². The normalized spacial score (nSPS) is 22.6. The molecule has 2 amide bonds. The van der Waals surface area contributed by atoms with Gasteiger partial charge in [0.1, 0.15) is 5.70 Å². The van der Waals surface area contributed by atoms with E-state index in [1.807, 2.05) is 36.4 Å². The molecule has 1 aromatic rings. The molecule has 3 N–H and O–H groups in total. The summed E-state index contributed by atoms with van der Waals surface area (Å²) >= 11 is 0. The number of hydrogen-bond donors (Lipinski definition) is 3. The summed E-state index contributed by atoms with van der Waals surface area (Å²) in [7, 11) is 0. The molecular formula is C20H26N4O2. The van der Waals surface area contributed by atoms with E-state index in [0.29, 0.717) is 24.7 Å². The first-order chi connectivity index (χ1) is 12.5. The number of nitrogens with one attached hydrogen (secondary N) is 3. The minimum absolute atomic E-state index is 0.0114. The third-order valence-corrected chi connectivity index (χ3v) is 4.72. The molecule has 0 spiro atoms. The highest BCUT2D eigenvalue weighted by molar-refractivity contribution is 5.94. The molecule has 2 heterocycles. The number of rotatable bonds is 5. The molecule has 1 fully saturated rings. The second kappa shape index (κ2) is 8.19. The average Bonchev–Trinajstić information content (AvgIpc) is 3.30. The van der Waals surface area contributed by atoms with Crippen LogP contribution in [0.1, 0.15) is 25.8 Å². The second-order valence-electron chi connectivity index (χ2n) is 7.11. The van der Waals surface area contributed by atoms with Crippen LogP contribution in [0.3, 0.4) is 0 Å². The zero-order chi connectivity index (χ0) is 18.5. The molecule has 138 valence electrons. The lowest BCUT2D eigenvalue weighted by Crippen LogP contribution is -2.41. The van der Waals surface area contributed by atoms with Gasteiger partial charge in [0.25, 0.3) is 5.91 Å². The molecule has 1 aromatic carbocycles. The van der Waals surface area contributed by atoms with E-state index in [1.165, 1.54) is 6.08 Å². The van der Waals surface area contributed by atoms with E-state index in [4.69, 9.17) is 0 Å². The maximum absolute atomic E-state index is 12.6. The van der Waals surface area contributed by atoms with Crippen molar-refractivity contribution in [1.29, 1.82) is 0 Å². The molecule has 0 bridgehead atoms. The predicted molar refractivity (Wildman–Crippen MR) is 102 cm³/mol. The van der Waals surface area contributed by atoms with Crippen LogP contribution in [-0.2, 0) is 9.59 Å². The number of carbonyl (C=O) groups is 2. The summed E-state index contributed by atoms with van der Waals surface area (Å²) < 4.78 is 0. The lowest BCUT2D eigenvalue weighted by Gasteiger charge is -2.17. The summed E-state index contributed by atoms with van der Waals surface area (Å²) in [6, 6.07) is 9.85. The van der Waals surface area contributed by atoms with Crippen molar-refractivity contribution < 1.29 is 9.59 Å². The minimum atomic E-state index is -0.132. The van der Waals surface area contributed by atoms with Gasteiger partial charge in [0.2, 0.25) is 5.91 Å². The van der Waals surface area contributed by atoms with Crippen LogP contribution in [0.15, 0.2) is 48.2 Å². The lowest BCUT2D eigenvalue weighted by molar-refractivity contribution is -0.126. The second-order valence-corrected chi connectivity index (χ2v) is 7.11. The lowest BCUT2D eigenvalue weighted by atomic mass is 10.1. The van der Waals surface area contributed by atoms with Gasteiger partial charge in [0, 0.05) is 31.2 Å². The molecule has 0 radical (unpaired) electrons. The number of nitrogens with zero attached hydrogens (tertiary/aromatic N) is 1. The van der Waals surface area contributed by atoms with E-state index >= 15 is 0 Å². The smallest absolute Gasteiger partial charge is 0.271 e. The predicted octanol–water partition coefficient (Wildman–Crippen LogP) is 1.43. The first-order valence-corrected chi connectivity index (χ1v) is 9.09. The third-order valence-electron chi connectivity index (χ3n) is 4.72. The molecule has 2 unspecified atom stereocenters. The fourth-order valence-electron chi connectivity index (χ4n) is 3.13. The van der Waals surface area contributed by atoms with Gasteiger partial charge in [-0.15, -0.1) is 0 Å². The highest BCUT2D eigenvalue weighted by Crippen LogP contribution is 2.16. The van der Waals surface area contributed by atoms with Gasteiger partial charge in [-0.3, -0.25) is 9.59 Å². The van der Waals surface area contributed by atoms with Gasteiger partial charge in [0.15, 0.2) is 0 Å². The standard InChI is InChI=1S/C20H26N4O2/c1-14(2)17-12-18(23-22-17)20(26)24-11-10-16(13-24)21-19(25)9-8-15-6-4-3-5-7-15/h3-9,12,14,16-17,22-23H,10-11,13H2,1-2H3,(H,21,25)/b9-8+. The monoisotopic (exact) mass is 354 g/mol. The summed E-state index contributed by atoms with van der Waals surface area (Å²) in [5, 5.41) is 2.98. The molecule has 2 atom stereocenters. The van der Waals surface area contributed by atoms with Gasteiger partial charge in [-0.25, -0.2) is 5.43 Å². The largest absolute Gasteiger partial charge is 0.348 e. The Morgan fingerprint density at radius 1 is 1.27 bits per heavy atom. The van der Waals surface area contributed by atoms with Gasteiger partial charge >= 0.3 is 0 Å². The molecule has 0 aliphatic carbocycles. The van der Waals surface area contributed by atoms with Gasteiger partial charge in [-0.2, -0.15) is 0 Å².